The van der Waals surface area contributed by atoms with E-state index in [1.54, 1.807) is 30.3 Å². The second-order valence-electron chi connectivity index (χ2n) is 6.03. The number of hydrogen-bond donors (Lipinski definition) is 1. The number of carbonyl (C=O) groups is 3. The van der Waals surface area contributed by atoms with E-state index in [0.717, 1.165) is 0 Å². The van der Waals surface area contributed by atoms with Gasteiger partial charge >= 0.3 is 5.97 Å². The number of esters is 1. The zero-order chi connectivity index (χ0) is 18.4. The van der Waals surface area contributed by atoms with Crippen LogP contribution in [0.3, 0.4) is 0 Å². The van der Waals surface area contributed by atoms with Crippen molar-refractivity contribution in [2.24, 2.45) is 0 Å². The van der Waals surface area contributed by atoms with Gasteiger partial charge in [0.25, 0.3) is 5.91 Å². The molecule has 1 heterocycles. The number of benzene rings is 1. The number of Topliss-reactive ketones (excluding diaryl/α,β-unsaturated/α-hetero) is 1. The summed E-state index contributed by atoms with van der Waals surface area (Å²) in [7, 11) is -3.09. The number of carbonyl (C=O) groups excluding carboxylic acids is 3. The normalized spacial score (nSPS) is 19.8. The highest BCUT2D eigenvalue weighted by Crippen LogP contribution is 2.12. The van der Waals surface area contributed by atoms with Crippen molar-refractivity contribution in [1.29, 1.82) is 0 Å². The Morgan fingerprint density at radius 3 is 2.48 bits per heavy atom. The number of sulfone groups is 1. The van der Waals surface area contributed by atoms with Gasteiger partial charge in [-0.05, 0) is 13.3 Å². The fourth-order valence-corrected chi connectivity index (χ4v) is 4.19. The summed E-state index contributed by atoms with van der Waals surface area (Å²) in [6.07, 6.45) is -0.802. The third-order valence-electron chi connectivity index (χ3n) is 3.91. The lowest BCUT2D eigenvalue weighted by atomic mass is 10.1. The topological polar surface area (TPSA) is 107 Å². The SMILES string of the molecule is C[C@@H](OC(=O)CCC(=O)c1ccccc1)C(=O)N[C@@H]1CCS(=O)(=O)C1. The van der Waals surface area contributed by atoms with Crippen molar-refractivity contribution >= 4 is 27.5 Å². The molecule has 1 aliphatic rings. The molecule has 1 aromatic rings. The largest absolute Gasteiger partial charge is 0.453 e. The molecule has 8 heteroatoms. The Hall–Kier alpha value is -2.22. The highest BCUT2D eigenvalue weighted by atomic mass is 32.2. The maximum Gasteiger partial charge on any atom is 0.307 e. The number of ether oxygens (including phenoxy) is 1. The van der Waals surface area contributed by atoms with Gasteiger partial charge in [-0.2, -0.15) is 0 Å². The fraction of sp³-hybridized carbons (Fsp3) is 0.471. The third-order valence-corrected chi connectivity index (χ3v) is 5.68. The summed E-state index contributed by atoms with van der Waals surface area (Å²) in [5.41, 5.74) is 0.517. The van der Waals surface area contributed by atoms with Gasteiger partial charge in [0.05, 0.1) is 17.9 Å². The van der Waals surface area contributed by atoms with Crippen molar-refractivity contribution in [1.82, 2.24) is 5.32 Å². The molecule has 0 aliphatic carbocycles. The monoisotopic (exact) mass is 367 g/mol. The Morgan fingerprint density at radius 1 is 1.20 bits per heavy atom. The molecule has 1 aromatic carbocycles. The van der Waals surface area contributed by atoms with Crippen LogP contribution < -0.4 is 5.32 Å². The van der Waals surface area contributed by atoms with Crippen LogP contribution in [-0.2, 0) is 24.2 Å². The molecule has 0 saturated carbocycles. The molecule has 0 unspecified atom stereocenters. The zero-order valence-electron chi connectivity index (χ0n) is 13.9. The number of rotatable bonds is 7. The van der Waals surface area contributed by atoms with E-state index in [1.165, 1.54) is 6.92 Å². The van der Waals surface area contributed by atoms with Crippen LogP contribution in [0.15, 0.2) is 30.3 Å². The van der Waals surface area contributed by atoms with Gasteiger partial charge in [0, 0.05) is 18.0 Å². The maximum atomic E-state index is 12.0. The molecule has 0 spiro atoms. The third kappa shape index (κ3) is 5.97. The van der Waals surface area contributed by atoms with E-state index < -0.39 is 33.9 Å². The standard InChI is InChI=1S/C17H21NO6S/c1-12(17(21)18-14-9-10-25(22,23)11-14)24-16(20)8-7-15(19)13-5-3-2-4-6-13/h2-6,12,14H,7-11H2,1H3,(H,18,21)/t12-,14-/m1/s1. The van der Waals surface area contributed by atoms with Gasteiger partial charge in [-0.15, -0.1) is 0 Å². The van der Waals surface area contributed by atoms with E-state index in [-0.39, 0.29) is 30.1 Å². The molecule has 1 fully saturated rings. The molecule has 1 aliphatic heterocycles. The Morgan fingerprint density at radius 2 is 1.88 bits per heavy atom. The summed E-state index contributed by atoms with van der Waals surface area (Å²) in [5, 5.41) is 2.57. The van der Waals surface area contributed by atoms with Crippen LogP contribution in [0.2, 0.25) is 0 Å². The number of ketones is 1. The van der Waals surface area contributed by atoms with E-state index in [9.17, 15) is 22.8 Å². The molecule has 2 rings (SSSR count). The van der Waals surface area contributed by atoms with E-state index in [1.807, 2.05) is 0 Å². The minimum atomic E-state index is -3.09. The fourth-order valence-electron chi connectivity index (χ4n) is 2.52. The molecular weight excluding hydrogens is 346 g/mol. The maximum absolute atomic E-state index is 12.0. The molecule has 136 valence electrons. The second kappa shape index (κ2) is 8.24. The molecular formula is C17H21NO6S. The van der Waals surface area contributed by atoms with Gasteiger partial charge in [0.1, 0.15) is 0 Å². The molecule has 2 atom stereocenters. The van der Waals surface area contributed by atoms with Crippen molar-refractivity contribution < 1.29 is 27.5 Å². The van der Waals surface area contributed by atoms with Crippen LogP contribution in [0.25, 0.3) is 0 Å². The highest BCUT2D eigenvalue weighted by molar-refractivity contribution is 7.91. The Balaban J connectivity index is 1.74. The van der Waals surface area contributed by atoms with Crippen LogP contribution >= 0.6 is 0 Å². The summed E-state index contributed by atoms with van der Waals surface area (Å²) in [4.78, 5) is 35.7. The van der Waals surface area contributed by atoms with Gasteiger partial charge < -0.3 is 10.1 Å². The molecule has 1 saturated heterocycles. The lowest BCUT2D eigenvalue weighted by molar-refractivity contribution is -0.154. The molecule has 25 heavy (non-hydrogen) atoms. The average molecular weight is 367 g/mol. The molecule has 0 aromatic heterocycles. The van der Waals surface area contributed by atoms with Gasteiger partial charge in [0.15, 0.2) is 21.7 Å². The van der Waals surface area contributed by atoms with Crippen LogP contribution in [0.4, 0.5) is 0 Å². The first-order valence-corrected chi connectivity index (χ1v) is 9.87. The second-order valence-corrected chi connectivity index (χ2v) is 8.26. The van der Waals surface area contributed by atoms with E-state index in [2.05, 4.69) is 5.32 Å². The van der Waals surface area contributed by atoms with Crippen LogP contribution in [0.1, 0.15) is 36.5 Å². The molecule has 1 amide bonds. The van der Waals surface area contributed by atoms with E-state index in [4.69, 9.17) is 4.74 Å². The zero-order valence-corrected chi connectivity index (χ0v) is 14.8. The summed E-state index contributed by atoms with van der Waals surface area (Å²) >= 11 is 0. The first kappa shape index (κ1) is 19.1. The van der Waals surface area contributed by atoms with Crippen LogP contribution in [0.5, 0.6) is 0 Å². The summed E-state index contributed by atoms with van der Waals surface area (Å²) in [5.74, 6) is -1.40. The number of amides is 1. The van der Waals surface area contributed by atoms with E-state index >= 15 is 0 Å². The summed E-state index contributed by atoms with van der Waals surface area (Å²) in [6.45, 7) is 1.41. The minimum Gasteiger partial charge on any atom is -0.453 e. The predicted octanol–water partition coefficient (Wildman–Crippen LogP) is 0.885. The first-order chi connectivity index (χ1) is 11.8. The molecule has 1 N–H and O–H groups in total. The Kier molecular flexibility index (Phi) is 6.30. The number of nitrogens with one attached hydrogen (secondary N) is 1. The van der Waals surface area contributed by atoms with Gasteiger partial charge in [-0.25, -0.2) is 8.42 Å². The quantitative estimate of drug-likeness (QED) is 0.566. The average Bonchev–Trinajstić information content (AvgIpc) is 2.91. The predicted molar refractivity (Wildman–Crippen MR) is 90.8 cm³/mol. The Labute approximate surface area is 146 Å². The van der Waals surface area contributed by atoms with Gasteiger partial charge in [-0.3, -0.25) is 14.4 Å². The lowest BCUT2D eigenvalue weighted by Crippen LogP contribution is -2.42. The van der Waals surface area contributed by atoms with Crippen molar-refractivity contribution in [2.45, 2.75) is 38.3 Å². The van der Waals surface area contributed by atoms with Crippen LogP contribution in [-0.4, -0.2) is 49.7 Å². The van der Waals surface area contributed by atoms with Crippen molar-refractivity contribution in [3.8, 4) is 0 Å². The summed E-state index contributed by atoms with van der Waals surface area (Å²) < 4.78 is 27.7. The molecule has 0 bridgehead atoms. The first-order valence-electron chi connectivity index (χ1n) is 8.05. The minimum absolute atomic E-state index is 0.00193. The lowest BCUT2D eigenvalue weighted by Gasteiger charge is -2.16. The molecule has 0 radical (unpaired) electrons. The Bertz CT molecular complexity index is 744. The van der Waals surface area contributed by atoms with Crippen LogP contribution in [0, 0.1) is 0 Å². The highest BCUT2D eigenvalue weighted by Gasteiger charge is 2.30. The van der Waals surface area contributed by atoms with Crippen molar-refractivity contribution in [3.05, 3.63) is 35.9 Å². The van der Waals surface area contributed by atoms with Crippen molar-refractivity contribution in [2.75, 3.05) is 11.5 Å². The van der Waals surface area contributed by atoms with Gasteiger partial charge in [0.2, 0.25) is 0 Å². The van der Waals surface area contributed by atoms with E-state index in [0.29, 0.717) is 12.0 Å². The molecule has 7 nitrogen and oxygen atoms in total. The van der Waals surface area contributed by atoms with Crippen molar-refractivity contribution in [3.63, 3.8) is 0 Å². The smallest absolute Gasteiger partial charge is 0.307 e. The van der Waals surface area contributed by atoms with Gasteiger partial charge in [-0.1, -0.05) is 30.3 Å². The number of hydrogen-bond acceptors (Lipinski definition) is 6. The summed E-state index contributed by atoms with van der Waals surface area (Å²) in [6, 6.07) is 8.15.